The Morgan fingerprint density at radius 3 is 1.30 bits per heavy atom. The number of nitrogens with one attached hydrogen (secondary N) is 1. The molecule has 0 aromatic rings. The summed E-state index contributed by atoms with van der Waals surface area (Å²) in [4.78, 5) is 23.2. The Labute approximate surface area is 391 Å². The summed E-state index contributed by atoms with van der Waals surface area (Å²) in [5, 5.41) is 13.9. The molecule has 0 rings (SSSR count). The van der Waals surface area contributed by atoms with Crippen LogP contribution in [0.4, 0.5) is 0 Å². The number of quaternary nitrogens is 1. The summed E-state index contributed by atoms with van der Waals surface area (Å²) in [7, 11) is 1.57. The van der Waals surface area contributed by atoms with Gasteiger partial charge in [0.05, 0.1) is 39.9 Å². The van der Waals surface area contributed by atoms with Gasteiger partial charge >= 0.3 is 7.82 Å². The van der Waals surface area contributed by atoms with Crippen molar-refractivity contribution in [3.8, 4) is 0 Å². The number of aliphatic hydroxyl groups excluding tert-OH is 1. The molecule has 0 aromatic heterocycles. The maximum atomic E-state index is 12.9. The van der Waals surface area contributed by atoms with Crippen molar-refractivity contribution < 1.29 is 32.9 Å². The van der Waals surface area contributed by atoms with Crippen LogP contribution in [0.25, 0.3) is 0 Å². The molecule has 0 aromatic carbocycles. The van der Waals surface area contributed by atoms with Crippen LogP contribution >= 0.6 is 7.82 Å². The van der Waals surface area contributed by atoms with Gasteiger partial charge in [0.1, 0.15) is 13.2 Å². The second kappa shape index (κ2) is 45.9. The second-order valence-corrected chi connectivity index (χ2v) is 21.1. The van der Waals surface area contributed by atoms with Crippen LogP contribution in [0.2, 0.25) is 0 Å². The summed E-state index contributed by atoms with van der Waals surface area (Å²) in [6.07, 6.45) is 58.0. The molecule has 0 bridgehead atoms. The first-order chi connectivity index (χ1) is 30.5. The van der Waals surface area contributed by atoms with Crippen molar-refractivity contribution >= 4 is 13.7 Å². The zero-order valence-electron chi connectivity index (χ0n) is 42.3. The molecular formula is C54H106N2O6P+. The van der Waals surface area contributed by atoms with Crippen molar-refractivity contribution in [1.29, 1.82) is 0 Å². The number of unbranched alkanes of at least 4 members (excludes halogenated alkanes) is 32. The molecule has 63 heavy (non-hydrogen) atoms. The standard InChI is InChI=1S/C54H105N2O6P/c1-6-8-10-12-14-16-18-20-22-24-25-26-27-28-29-30-31-32-34-36-38-40-42-44-46-48-54(58)55-52(51-62-63(59,60)61-50-49-56(3,4)5)53(57)47-45-43-41-39-37-35-33-23-21-19-17-15-13-11-9-7-2/h25-26,28-29,45,47,52-53,57H,6-24,27,30-44,46,48-51H2,1-5H3,(H-,55,58,59,60)/p+1/b26-25-,29-28-,47-45+. The van der Waals surface area contributed by atoms with Gasteiger partial charge in [0, 0.05) is 6.42 Å². The number of likely N-dealkylation sites (N-methyl/N-ethyl adjacent to an activating group) is 1. The molecule has 3 atom stereocenters. The van der Waals surface area contributed by atoms with Crippen LogP contribution < -0.4 is 5.32 Å². The third kappa shape index (κ3) is 48.5. The number of amides is 1. The molecule has 1 amide bonds. The number of hydrogen-bond donors (Lipinski definition) is 3. The van der Waals surface area contributed by atoms with Gasteiger partial charge in [0.15, 0.2) is 0 Å². The number of phosphoric ester groups is 1. The van der Waals surface area contributed by atoms with E-state index in [1.54, 1.807) is 6.08 Å². The van der Waals surface area contributed by atoms with E-state index in [-0.39, 0.29) is 19.1 Å². The molecule has 3 N–H and O–H groups in total. The molecule has 0 aliphatic carbocycles. The van der Waals surface area contributed by atoms with E-state index in [0.29, 0.717) is 17.4 Å². The molecule has 0 radical (unpaired) electrons. The van der Waals surface area contributed by atoms with Gasteiger partial charge in [-0.25, -0.2) is 4.57 Å². The lowest BCUT2D eigenvalue weighted by Crippen LogP contribution is -2.45. The largest absolute Gasteiger partial charge is 0.472 e. The summed E-state index contributed by atoms with van der Waals surface area (Å²) >= 11 is 0. The van der Waals surface area contributed by atoms with E-state index >= 15 is 0 Å². The number of phosphoric acid groups is 1. The Kier molecular flexibility index (Phi) is 44.9. The highest BCUT2D eigenvalue weighted by Crippen LogP contribution is 2.43. The first-order valence-corrected chi connectivity index (χ1v) is 28.4. The van der Waals surface area contributed by atoms with Crippen molar-refractivity contribution in [2.24, 2.45) is 0 Å². The Balaban J connectivity index is 4.24. The highest BCUT2D eigenvalue weighted by Gasteiger charge is 2.27. The molecule has 0 heterocycles. The number of hydrogen-bond acceptors (Lipinski definition) is 5. The van der Waals surface area contributed by atoms with Crippen LogP contribution in [0.3, 0.4) is 0 Å². The summed E-state index contributed by atoms with van der Waals surface area (Å²) < 4.78 is 23.7. The van der Waals surface area contributed by atoms with E-state index in [1.807, 2.05) is 27.2 Å². The van der Waals surface area contributed by atoms with Crippen LogP contribution in [0.15, 0.2) is 36.5 Å². The van der Waals surface area contributed by atoms with Crippen LogP contribution in [-0.4, -0.2) is 73.4 Å². The fraction of sp³-hybridized carbons (Fsp3) is 0.870. The van der Waals surface area contributed by atoms with Crippen molar-refractivity contribution in [1.82, 2.24) is 5.32 Å². The number of aliphatic hydroxyl groups is 1. The fourth-order valence-corrected chi connectivity index (χ4v) is 8.57. The molecule has 0 aliphatic rings. The quantitative estimate of drug-likeness (QED) is 0.0243. The van der Waals surface area contributed by atoms with Gasteiger partial charge in [0.25, 0.3) is 0 Å². The van der Waals surface area contributed by atoms with Gasteiger partial charge in [-0.1, -0.05) is 230 Å². The Bertz CT molecular complexity index is 1120. The lowest BCUT2D eigenvalue weighted by Gasteiger charge is -2.25. The van der Waals surface area contributed by atoms with Gasteiger partial charge in [0.2, 0.25) is 5.91 Å². The molecule has 0 spiro atoms. The highest BCUT2D eigenvalue weighted by atomic mass is 31.2. The van der Waals surface area contributed by atoms with Crippen LogP contribution in [-0.2, 0) is 18.4 Å². The second-order valence-electron chi connectivity index (χ2n) is 19.6. The van der Waals surface area contributed by atoms with E-state index in [9.17, 15) is 19.4 Å². The molecule has 8 nitrogen and oxygen atoms in total. The minimum Gasteiger partial charge on any atom is -0.387 e. The Hall–Kier alpha value is -1.28. The lowest BCUT2D eigenvalue weighted by atomic mass is 10.0. The zero-order valence-corrected chi connectivity index (χ0v) is 43.2. The SMILES string of the molecule is CCCCCCCCCCC/C=C\C/C=C\CCCCCCCCCCCC(=O)NC(COP(=O)(O)OCC[N+](C)(C)C)C(O)/C=C/CCCCCCCCCCCCCCCC. The minimum absolute atomic E-state index is 0.0608. The normalized spacial score (nSPS) is 14.3. The third-order valence-electron chi connectivity index (χ3n) is 12.1. The van der Waals surface area contributed by atoms with Gasteiger partial charge in [-0.05, 0) is 51.4 Å². The molecule has 3 unspecified atom stereocenters. The van der Waals surface area contributed by atoms with Gasteiger partial charge in [-0.3, -0.25) is 13.8 Å². The van der Waals surface area contributed by atoms with Crippen LogP contribution in [0.5, 0.6) is 0 Å². The molecule has 372 valence electrons. The Morgan fingerprint density at radius 2 is 0.905 bits per heavy atom. The minimum atomic E-state index is -4.34. The van der Waals surface area contributed by atoms with Crippen molar-refractivity contribution in [3.05, 3.63) is 36.5 Å². The van der Waals surface area contributed by atoms with E-state index < -0.39 is 20.0 Å². The first-order valence-electron chi connectivity index (χ1n) is 26.9. The monoisotopic (exact) mass is 910 g/mol. The number of carbonyl (C=O) groups excluding carboxylic acids is 1. The van der Waals surface area contributed by atoms with Crippen LogP contribution in [0, 0.1) is 0 Å². The van der Waals surface area contributed by atoms with Crippen LogP contribution in [0.1, 0.15) is 251 Å². The summed E-state index contributed by atoms with van der Waals surface area (Å²) in [5.41, 5.74) is 0. The third-order valence-corrected chi connectivity index (χ3v) is 13.1. The number of rotatable bonds is 49. The van der Waals surface area contributed by atoms with Crippen molar-refractivity contribution in [2.75, 3.05) is 40.9 Å². The summed E-state index contributed by atoms with van der Waals surface area (Å²) in [6, 6.07) is -0.848. The van der Waals surface area contributed by atoms with E-state index in [4.69, 9.17) is 9.05 Å². The maximum absolute atomic E-state index is 12.9. The first kappa shape index (κ1) is 61.7. The molecule has 9 heteroatoms. The predicted octanol–water partition coefficient (Wildman–Crippen LogP) is 15.8. The summed E-state index contributed by atoms with van der Waals surface area (Å²) in [6.45, 7) is 4.83. The topological polar surface area (TPSA) is 105 Å². The molecular weight excluding hydrogens is 804 g/mol. The fourth-order valence-electron chi connectivity index (χ4n) is 7.84. The summed E-state index contributed by atoms with van der Waals surface area (Å²) in [5.74, 6) is -0.180. The van der Waals surface area contributed by atoms with Gasteiger partial charge < -0.3 is 19.8 Å². The smallest absolute Gasteiger partial charge is 0.387 e. The predicted molar refractivity (Wildman–Crippen MR) is 272 cm³/mol. The van der Waals surface area contributed by atoms with Crippen molar-refractivity contribution in [3.63, 3.8) is 0 Å². The average Bonchev–Trinajstić information content (AvgIpc) is 3.24. The highest BCUT2D eigenvalue weighted by molar-refractivity contribution is 7.47. The number of carbonyl (C=O) groups is 1. The number of allylic oxidation sites excluding steroid dienone is 5. The average molecular weight is 910 g/mol. The van der Waals surface area contributed by atoms with E-state index in [1.165, 1.54) is 186 Å². The Morgan fingerprint density at radius 1 is 0.540 bits per heavy atom. The lowest BCUT2D eigenvalue weighted by molar-refractivity contribution is -0.870. The van der Waals surface area contributed by atoms with Crippen molar-refractivity contribution in [2.45, 2.75) is 264 Å². The molecule has 0 saturated carbocycles. The number of nitrogens with zero attached hydrogens (tertiary/aromatic N) is 1. The van der Waals surface area contributed by atoms with Gasteiger partial charge in [-0.15, -0.1) is 0 Å². The van der Waals surface area contributed by atoms with Gasteiger partial charge in [-0.2, -0.15) is 0 Å². The molecule has 0 fully saturated rings. The van der Waals surface area contributed by atoms with E-state index in [2.05, 4.69) is 43.5 Å². The molecule has 0 aliphatic heterocycles. The molecule has 0 saturated heterocycles. The van der Waals surface area contributed by atoms with E-state index in [0.717, 1.165) is 44.9 Å². The zero-order chi connectivity index (χ0) is 46.4. The maximum Gasteiger partial charge on any atom is 0.472 e.